The number of nitrogens with zero attached hydrogens (tertiary/aromatic N) is 1. The van der Waals surface area contributed by atoms with Gasteiger partial charge in [0.05, 0.1) is 0 Å². The highest BCUT2D eigenvalue weighted by Crippen LogP contribution is 2.54. The van der Waals surface area contributed by atoms with Gasteiger partial charge in [-0.1, -0.05) is 195 Å². The number of aryl methyl sites for hydroxylation is 2. The van der Waals surface area contributed by atoms with E-state index in [0.717, 1.165) is 17.1 Å². The molecule has 0 radical (unpaired) electrons. The lowest BCUT2D eigenvalue weighted by Gasteiger charge is -2.28. The lowest BCUT2D eigenvalue weighted by Crippen LogP contribution is -2.16. The molecule has 1 heteroatoms. The van der Waals surface area contributed by atoms with Gasteiger partial charge in [-0.15, -0.1) is 0 Å². The first-order valence-corrected chi connectivity index (χ1v) is 22.5. The van der Waals surface area contributed by atoms with Gasteiger partial charge in [-0.2, -0.15) is 0 Å². The summed E-state index contributed by atoms with van der Waals surface area (Å²) in [6.45, 7) is 9.11. The fourth-order valence-corrected chi connectivity index (χ4v) is 10.9. The molecule has 0 N–H and O–H groups in total. The number of hydrogen-bond donors (Lipinski definition) is 0. The zero-order chi connectivity index (χ0) is 43.1. The van der Waals surface area contributed by atoms with E-state index >= 15 is 0 Å². The van der Waals surface area contributed by atoms with Gasteiger partial charge in [0.15, 0.2) is 0 Å². The zero-order valence-electron chi connectivity index (χ0n) is 36.7. The van der Waals surface area contributed by atoms with Crippen molar-refractivity contribution >= 4 is 60.2 Å². The molecule has 0 saturated heterocycles. The number of fused-ring (bicyclic) bond motifs is 7. The Kier molecular flexibility index (Phi) is 8.71. The molecule has 1 nitrogen and oxygen atoms in total. The van der Waals surface area contributed by atoms with E-state index in [4.69, 9.17) is 0 Å². The first-order chi connectivity index (χ1) is 31.3. The second kappa shape index (κ2) is 14.7. The number of rotatable bonds is 6. The van der Waals surface area contributed by atoms with Gasteiger partial charge in [0.2, 0.25) is 0 Å². The van der Waals surface area contributed by atoms with Crippen molar-refractivity contribution in [3.05, 3.63) is 235 Å². The molecular formula is C63H47N. The highest BCUT2D eigenvalue weighted by molar-refractivity contribution is 6.30. The van der Waals surface area contributed by atoms with Gasteiger partial charge in [-0.25, -0.2) is 0 Å². The van der Waals surface area contributed by atoms with Gasteiger partial charge in [0.25, 0.3) is 0 Å². The Labute approximate surface area is 375 Å². The molecule has 0 aliphatic heterocycles. The van der Waals surface area contributed by atoms with Crippen molar-refractivity contribution in [2.75, 3.05) is 4.90 Å². The average molecular weight is 818 g/mol. The topological polar surface area (TPSA) is 3.24 Å². The number of anilines is 3. The van der Waals surface area contributed by atoms with Crippen LogP contribution in [0, 0.1) is 13.8 Å². The molecule has 12 rings (SSSR count). The third kappa shape index (κ3) is 5.85. The van der Waals surface area contributed by atoms with Crippen molar-refractivity contribution in [2.45, 2.75) is 33.1 Å². The molecule has 0 fully saturated rings. The molecule has 1 aliphatic rings. The second-order valence-electron chi connectivity index (χ2n) is 18.2. The smallest absolute Gasteiger partial charge is 0.0465 e. The van der Waals surface area contributed by atoms with Crippen molar-refractivity contribution in [1.82, 2.24) is 0 Å². The highest BCUT2D eigenvalue weighted by Gasteiger charge is 2.37. The molecule has 0 spiro atoms. The molecule has 1 aliphatic carbocycles. The molecule has 0 unspecified atom stereocenters. The maximum absolute atomic E-state index is 2.50. The monoisotopic (exact) mass is 817 g/mol. The van der Waals surface area contributed by atoms with Crippen molar-refractivity contribution in [1.29, 1.82) is 0 Å². The summed E-state index contributed by atoms with van der Waals surface area (Å²) in [7, 11) is 0. The van der Waals surface area contributed by atoms with E-state index in [1.54, 1.807) is 0 Å². The SMILES string of the molecule is Cc1ccc(N(c2ccc(C)cc2)c2ccc3c(c2)C(C)(C)c2cc(-c4c5ccccc5c(-c5c6ccccc6c(-c6ccccc6)c6ccccc56)c5ccccc45)ccc2-3)cc1. The Morgan fingerprint density at radius 2 is 0.641 bits per heavy atom. The normalized spacial score (nSPS) is 12.8. The molecule has 0 bridgehead atoms. The number of hydrogen-bond acceptors (Lipinski definition) is 1. The van der Waals surface area contributed by atoms with E-state index in [2.05, 4.69) is 245 Å². The van der Waals surface area contributed by atoms with Gasteiger partial charge in [0.1, 0.15) is 0 Å². The van der Waals surface area contributed by atoms with Crippen molar-refractivity contribution < 1.29 is 0 Å². The molecule has 0 amide bonds. The lowest BCUT2D eigenvalue weighted by atomic mass is 9.79. The van der Waals surface area contributed by atoms with Crippen LogP contribution in [0.25, 0.3) is 87.6 Å². The molecule has 11 aromatic carbocycles. The Morgan fingerprint density at radius 1 is 0.297 bits per heavy atom. The molecule has 304 valence electrons. The van der Waals surface area contributed by atoms with E-state index < -0.39 is 0 Å². The van der Waals surface area contributed by atoms with Crippen LogP contribution in [0.1, 0.15) is 36.1 Å². The van der Waals surface area contributed by atoms with Crippen LogP contribution in [0.5, 0.6) is 0 Å². The van der Waals surface area contributed by atoms with E-state index in [1.807, 2.05) is 0 Å². The number of benzene rings is 11. The van der Waals surface area contributed by atoms with Gasteiger partial charge in [-0.3, -0.25) is 0 Å². The van der Waals surface area contributed by atoms with Crippen LogP contribution in [0.2, 0.25) is 0 Å². The Morgan fingerprint density at radius 3 is 1.08 bits per heavy atom. The van der Waals surface area contributed by atoms with Gasteiger partial charge in [-0.05, 0) is 155 Å². The maximum atomic E-state index is 2.50. The summed E-state index contributed by atoms with van der Waals surface area (Å²) in [5, 5.41) is 10.1. The molecule has 0 heterocycles. The van der Waals surface area contributed by atoms with Crippen LogP contribution in [0.3, 0.4) is 0 Å². The van der Waals surface area contributed by atoms with Crippen LogP contribution >= 0.6 is 0 Å². The summed E-state index contributed by atoms with van der Waals surface area (Å²) in [5.74, 6) is 0. The molecular weight excluding hydrogens is 771 g/mol. The van der Waals surface area contributed by atoms with E-state index in [9.17, 15) is 0 Å². The predicted octanol–water partition coefficient (Wildman–Crippen LogP) is 17.7. The minimum atomic E-state index is -0.229. The van der Waals surface area contributed by atoms with E-state index in [0.29, 0.717) is 0 Å². The van der Waals surface area contributed by atoms with Crippen LogP contribution in [-0.4, -0.2) is 0 Å². The fraction of sp³-hybridized carbons (Fsp3) is 0.0794. The zero-order valence-corrected chi connectivity index (χ0v) is 36.7. The maximum Gasteiger partial charge on any atom is 0.0465 e. The van der Waals surface area contributed by atoms with Crippen LogP contribution < -0.4 is 4.90 Å². The van der Waals surface area contributed by atoms with Crippen LogP contribution in [-0.2, 0) is 5.41 Å². The molecule has 11 aromatic rings. The summed E-state index contributed by atoms with van der Waals surface area (Å²) in [6, 6.07) is 79.3. The van der Waals surface area contributed by atoms with Crippen LogP contribution in [0.4, 0.5) is 17.1 Å². The minimum Gasteiger partial charge on any atom is -0.310 e. The average Bonchev–Trinajstić information content (AvgIpc) is 3.56. The Hall–Kier alpha value is -7.74. The first-order valence-electron chi connectivity index (χ1n) is 22.5. The summed E-state index contributed by atoms with van der Waals surface area (Å²) in [6.07, 6.45) is 0. The predicted molar refractivity (Wildman–Crippen MR) is 274 cm³/mol. The standard InChI is InChI=1S/C63H47N/c1-40-26-31-44(32-27-40)64(45-33-28-41(2)29-34-45)46-35-37-48-47-36-30-43(38-57(47)63(3,4)58(48)39-46)60-51-20-10-14-24-55(51)62(56-25-15-11-21-52(56)60)61-53-22-12-8-18-49(53)59(42-16-6-5-7-17-42)50-19-9-13-23-54(50)61/h5-39H,1-4H3. The third-order valence-corrected chi connectivity index (χ3v) is 14.0. The third-order valence-electron chi connectivity index (χ3n) is 14.0. The van der Waals surface area contributed by atoms with Gasteiger partial charge >= 0.3 is 0 Å². The van der Waals surface area contributed by atoms with Crippen molar-refractivity contribution in [3.63, 3.8) is 0 Å². The molecule has 0 saturated carbocycles. The summed E-state index contributed by atoms with van der Waals surface area (Å²) in [5.41, 5.74) is 18.7. The minimum absolute atomic E-state index is 0.229. The summed E-state index contributed by atoms with van der Waals surface area (Å²) < 4.78 is 0. The quantitative estimate of drug-likeness (QED) is 0.151. The van der Waals surface area contributed by atoms with Crippen molar-refractivity contribution in [2.24, 2.45) is 0 Å². The Balaban J connectivity index is 1.05. The molecule has 0 atom stereocenters. The Bertz CT molecular complexity index is 3470. The van der Waals surface area contributed by atoms with Crippen LogP contribution in [0.15, 0.2) is 212 Å². The van der Waals surface area contributed by atoms with Gasteiger partial charge < -0.3 is 4.90 Å². The van der Waals surface area contributed by atoms with E-state index in [-0.39, 0.29) is 5.41 Å². The largest absolute Gasteiger partial charge is 0.310 e. The van der Waals surface area contributed by atoms with Crippen molar-refractivity contribution in [3.8, 4) is 44.5 Å². The van der Waals surface area contributed by atoms with E-state index in [1.165, 1.54) is 110 Å². The lowest BCUT2D eigenvalue weighted by molar-refractivity contribution is 0.660. The molecule has 64 heavy (non-hydrogen) atoms. The summed E-state index contributed by atoms with van der Waals surface area (Å²) >= 11 is 0. The molecule has 0 aromatic heterocycles. The fourth-order valence-electron chi connectivity index (χ4n) is 10.9. The first kappa shape index (κ1) is 38.0. The van der Waals surface area contributed by atoms with Gasteiger partial charge in [0, 0.05) is 22.5 Å². The summed E-state index contributed by atoms with van der Waals surface area (Å²) in [4.78, 5) is 2.39. The second-order valence-corrected chi connectivity index (χ2v) is 18.2. The highest BCUT2D eigenvalue weighted by atomic mass is 15.1.